The molecule has 0 heterocycles. The molecule has 1 unspecified atom stereocenters. The lowest BCUT2D eigenvalue weighted by Crippen LogP contribution is -2.26. The van der Waals surface area contributed by atoms with Gasteiger partial charge in [0.15, 0.2) is 0 Å². The maximum absolute atomic E-state index is 6.20. The molecule has 1 aromatic rings. The molecule has 0 spiro atoms. The fourth-order valence-electron chi connectivity index (χ4n) is 4.25. The summed E-state index contributed by atoms with van der Waals surface area (Å²) in [5.41, 5.74) is 1.48. The standard InChI is InChI=1S/C30H54O2/c1-5-6-7-8-9-10-11-12-13-14-15-16-17-21-24-31-27-29(25-30(2,3)4)32-26-28-22-19-18-20-23-28/h18-20,22-23,29H,5-17,21,24-27H2,1-4H3. The van der Waals surface area contributed by atoms with Gasteiger partial charge in [-0.25, -0.2) is 0 Å². The van der Waals surface area contributed by atoms with E-state index in [-0.39, 0.29) is 11.5 Å². The van der Waals surface area contributed by atoms with Crippen LogP contribution in [0, 0.1) is 5.41 Å². The van der Waals surface area contributed by atoms with Crippen LogP contribution in [0.4, 0.5) is 0 Å². The molecule has 0 aliphatic carbocycles. The predicted octanol–water partition coefficient (Wildman–Crippen LogP) is 9.51. The van der Waals surface area contributed by atoms with Crippen LogP contribution in [0.5, 0.6) is 0 Å². The monoisotopic (exact) mass is 446 g/mol. The summed E-state index contributed by atoms with van der Waals surface area (Å²) in [5.74, 6) is 0. The topological polar surface area (TPSA) is 18.5 Å². The van der Waals surface area contributed by atoms with Crippen LogP contribution in [0.2, 0.25) is 0 Å². The number of rotatable bonds is 21. The molecule has 0 N–H and O–H groups in total. The zero-order valence-electron chi connectivity index (χ0n) is 22.0. The lowest BCUT2D eigenvalue weighted by molar-refractivity contribution is -0.0430. The third kappa shape index (κ3) is 18.7. The molecule has 0 amide bonds. The van der Waals surface area contributed by atoms with Crippen molar-refractivity contribution in [3.05, 3.63) is 35.9 Å². The molecule has 0 saturated heterocycles. The van der Waals surface area contributed by atoms with Crippen molar-refractivity contribution in [1.29, 1.82) is 0 Å². The van der Waals surface area contributed by atoms with Gasteiger partial charge in [-0.1, -0.05) is 141 Å². The molecule has 1 atom stereocenters. The highest BCUT2D eigenvalue weighted by molar-refractivity contribution is 5.13. The molecular formula is C30H54O2. The minimum absolute atomic E-state index is 0.168. The highest BCUT2D eigenvalue weighted by atomic mass is 16.5. The van der Waals surface area contributed by atoms with Crippen LogP contribution in [0.15, 0.2) is 30.3 Å². The Hall–Kier alpha value is -0.860. The van der Waals surface area contributed by atoms with Gasteiger partial charge >= 0.3 is 0 Å². The molecular weight excluding hydrogens is 392 g/mol. The summed E-state index contributed by atoms with van der Waals surface area (Å²) in [6, 6.07) is 10.5. The summed E-state index contributed by atoms with van der Waals surface area (Å²) in [5, 5.41) is 0. The lowest BCUT2D eigenvalue weighted by Gasteiger charge is -2.26. The van der Waals surface area contributed by atoms with Gasteiger partial charge in [0.2, 0.25) is 0 Å². The van der Waals surface area contributed by atoms with Crippen molar-refractivity contribution >= 4 is 0 Å². The largest absolute Gasteiger partial charge is 0.379 e. The van der Waals surface area contributed by atoms with Crippen LogP contribution in [0.25, 0.3) is 0 Å². The Labute approximate surface area is 200 Å². The maximum atomic E-state index is 6.20. The molecule has 186 valence electrons. The average molecular weight is 447 g/mol. The van der Waals surface area contributed by atoms with Gasteiger partial charge in [-0.3, -0.25) is 0 Å². The zero-order valence-corrected chi connectivity index (χ0v) is 22.0. The van der Waals surface area contributed by atoms with E-state index >= 15 is 0 Å². The summed E-state index contributed by atoms with van der Waals surface area (Å²) in [6.45, 7) is 11.4. The second kappa shape index (κ2) is 19.6. The molecule has 2 nitrogen and oxygen atoms in total. The van der Waals surface area contributed by atoms with E-state index in [0.717, 1.165) is 13.0 Å². The van der Waals surface area contributed by atoms with E-state index in [2.05, 4.69) is 58.0 Å². The third-order valence-electron chi connectivity index (χ3n) is 6.11. The fourth-order valence-corrected chi connectivity index (χ4v) is 4.25. The van der Waals surface area contributed by atoms with Gasteiger partial charge in [0.25, 0.3) is 0 Å². The van der Waals surface area contributed by atoms with Crippen molar-refractivity contribution in [3.8, 4) is 0 Å². The summed E-state index contributed by atoms with van der Waals surface area (Å²) >= 11 is 0. The lowest BCUT2D eigenvalue weighted by atomic mass is 9.89. The minimum atomic E-state index is 0.168. The van der Waals surface area contributed by atoms with E-state index in [4.69, 9.17) is 9.47 Å². The molecule has 32 heavy (non-hydrogen) atoms. The second-order valence-electron chi connectivity index (χ2n) is 10.9. The first-order chi connectivity index (χ1) is 15.5. The van der Waals surface area contributed by atoms with E-state index in [0.29, 0.717) is 13.2 Å². The number of hydrogen-bond acceptors (Lipinski definition) is 2. The summed E-state index contributed by atoms with van der Waals surface area (Å²) < 4.78 is 12.2. The Kier molecular flexibility index (Phi) is 17.9. The Bertz CT molecular complexity index is 505. The van der Waals surface area contributed by atoms with Gasteiger partial charge in [0.1, 0.15) is 0 Å². The Balaban J connectivity index is 1.97. The molecule has 0 fully saturated rings. The van der Waals surface area contributed by atoms with Gasteiger partial charge < -0.3 is 9.47 Å². The van der Waals surface area contributed by atoms with E-state index in [9.17, 15) is 0 Å². The fraction of sp³-hybridized carbons (Fsp3) is 0.800. The van der Waals surface area contributed by atoms with Gasteiger partial charge in [-0.15, -0.1) is 0 Å². The zero-order chi connectivity index (χ0) is 23.3. The van der Waals surface area contributed by atoms with Crippen molar-refractivity contribution < 1.29 is 9.47 Å². The van der Waals surface area contributed by atoms with Crippen LogP contribution < -0.4 is 0 Å². The van der Waals surface area contributed by atoms with Crippen molar-refractivity contribution in [2.75, 3.05) is 13.2 Å². The molecule has 2 heteroatoms. The molecule has 0 saturated carbocycles. The summed E-state index contributed by atoms with van der Waals surface area (Å²) in [4.78, 5) is 0. The molecule has 0 aliphatic heterocycles. The smallest absolute Gasteiger partial charge is 0.0818 e. The molecule has 0 aliphatic rings. The Morgan fingerprint density at radius 1 is 0.688 bits per heavy atom. The Morgan fingerprint density at radius 2 is 1.19 bits per heavy atom. The van der Waals surface area contributed by atoms with E-state index < -0.39 is 0 Å². The highest BCUT2D eigenvalue weighted by Gasteiger charge is 2.19. The molecule has 0 aromatic heterocycles. The quantitative estimate of drug-likeness (QED) is 0.175. The van der Waals surface area contributed by atoms with Crippen LogP contribution in [0.3, 0.4) is 0 Å². The summed E-state index contributed by atoms with van der Waals surface area (Å²) in [6.07, 6.45) is 20.7. The van der Waals surface area contributed by atoms with Crippen LogP contribution in [-0.4, -0.2) is 19.3 Å². The van der Waals surface area contributed by atoms with Gasteiger partial charge in [0, 0.05) is 6.61 Å². The molecule has 0 bridgehead atoms. The molecule has 1 aromatic carbocycles. The summed E-state index contributed by atoms with van der Waals surface area (Å²) in [7, 11) is 0. The number of hydrogen-bond donors (Lipinski definition) is 0. The first kappa shape index (κ1) is 29.2. The Morgan fingerprint density at radius 3 is 1.69 bits per heavy atom. The van der Waals surface area contributed by atoms with Crippen LogP contribution in [0.1, 0.15) is 130 Å². The number of ether oxygens (including phenoxy) is 2. The predicted molar refractivity (Wildman–Crippen MR) is 140 cm³/mol. The van der Waals surface area contributed by atoms with Crippen LogP contribution >= 0.6 is 0 Å². The van der Waals surface area contributed by atoms with E-state index in [1.165, 1.54) is 95.5 Å². The second-order valence-corrected chi connectivity index (χ2v) is 10.9. The van der Waals surface area contributed by atoms with Crippen molar-refractivity contribution in [2.24, 2.45) is 5.41 Å². The van der Waals surface area contributed by atoms with Crippen molar-refractivity contribution in [2.45, 2.75) is 137 Å². The minimum Gasteiger partial charge on any atom is -0.379 e. The first-order valence-electron chi connectivity index (χ1n) is 13.7. The first-order valence-corrected chi connectivity index (χ1v) is 13.7. The highest BCUT2D eigenvalue weighted by Crippen LogP contribution is 2.23. The van der Waals surface area contributed by atoms with Crippen molar-refractivity contribution in [1.82, 2.24) is 0 Å². The normalized spacial score (nSPS) is 12.9. The van der Waals surface area contributed by atoms with E-state index in [1.807, 2.05) is 0 Å². The van der Waals surface area contributed by atoms with Crippen LogP contribution in [-0.2, 0) is 16.1 Å². The molecule has 1 rings (SSSR count). The number of benzene rings is 1. The van der Waals surface area contributed by atoms with Gasteiger partial charge in [-0.2, -0.15) is 0 Å². The number of unbranched alkanes of at least 4 members (excludes halogenated alkanes) is 13. The SMILES string of the molecule is CCCCCCCCCCCCCCCCOCC(CC(C)(C)C)OCc1ccccc1. The van der Waals surface area contributed by atoms with Crippen molar-refractivity contribution in [3.63, 3.8) is 0 Å². The maximum Gasteiger partial charge on any atom is 0.0818 e. The van der Waals surface area contributed by atoms with E-state index in [1.54, 1.807) is 0 Å². The van der Waals surface area contributed by atoms with Gasteiger partial charge in [0.05, 0.1) is 19.3 Å². The third-order valence-corrected chi connectivity index (χ3v) is 6.11. The molecule has 0 radical (unpaired) electrons. The van der Waals surface area contributed by atoms with Gasteiger partial charge in [-0.05, 0) is 23.8 Å². The average Bonchev–Trinajstić information content (AvgIpc) is 2.76.